The highest BCUT2D eigenvalue weighted by atomic mass is 79.9. The molecule has 19 heavy (non-hydrogen) atoms. The molecule has 1 aromatic heterocycles. The van der Waals surface area contributed by atoms with Gasteiger partial charge in [0.2, 0.25) is 0 Å². The van der Waals surface area contributed by atoms with Gasteiger partial charge in [0.25, 0.3) is 0 Å². The molecule has 2 rings (SSSR count). The highest BCUT2D eigenvalue weighted by Gasteiger charge is 2.07. The van der Waals surface area contributed by atoms with Crippen LogP contribution in [0.15, 0.2) is 34.1 Å². The van der Waals surface area contributed by atoms with Gasteiger partial charge in [0.05, 0.1) is 3.79 Å². The zero-order valence-electron chi connectivity index (χ0n) is 10.6. The zero-order valence-corrected chi connectivity index (χ0v) is 13.0. The van der Waals surface area contributed by atoms with E-state index in [1.165, 1.54) is 10.9 Å². The van der Waals surface area contributed by atoms with Gasteiger partial charge in [-0.3, -0.25) is 0 Å². The average molecular weight is 342 g/mol. The lowest BCUT2D eigenvalue weighted by atomic mass is 10.1. The summed E-state index contributed by atoms with van der Waals surface area (Å²) in [6.07, 6.45) is 0.964. The lowest BCUT2D eigenvalue weighted by Gasteiger charge is -2.14. The van der Waals surface area contributed by atoms with Crippen LogP contribution in [-0.2, 0) is 6.42 Å². The van der Waals surface area contributed by atoms with Crippen molar-refractivity contribution in [2.45, 2.75) is 19.4 Å². The van der Waals surface area contributed by atoms with Crippen LogP contribution < -0.4 is 5.32 Å². The van der Waals surface area contributed by atoms with E-state index in [2.05, 4.69) is 33.4 Å². The molecule has 3 N–H and O–H groups in total. The Hall–Kier alpha value is -1.04. The Morgan fingerprint density at radius 2 is 1.89 bits per heavy atom. The third kappa shape index (κ3) is 4.23. The van der Waals surface area contributed by atoms with Crippen molar-refractivity contribution in [2.75, 3.05) is 6.54 Å². The fourth-order valence-electron chi connectivity index (χ4n) is 1.88. The first-order chi connectivity index (χ1) is 9.04. The average Bonchev–Trinajstić information content (AvgIpc) is 2.73. The maximum atomic E-state index is 9.46. The monoisotopic (exact) mass is 341 g/mol. The molecule has 0 amide bonds. The highest BCUT2D eigenvalue weighted by Crippen LogP contribution is 2.25. The molecule has 0 saturated carbocycles. The second-order valence-corrected chi connectivity index (χ2v) is 6.96. The van der Waals surface area contributed by atoms with E-state index in [-0.39, 0.29) is 17.5 Å². The van der Waals surface area contributed by atoms with E-state index in [9.17, 15) is 10.2 Å². The molecule has 102 valence electrons. The SMILES string of the molecule is CC(NCCc1ccc(Br)s1)c1cc(O)cc(O)c1. The Bertz CT molecular complexity index is 536. The Morgan fingerprint density at radius 3 is 2.47 bits per heavy atom. The molecule has 0 saturated heterocycles. The smallest absolute Gasteiger partial charge is 0.119 e. The predicted molar refractivity (Wildman–Crippen MR) is 81.9 cm³/mol. The van der Waals surface area contributed by atoms with E-state index in [0.29, 0.717) is 0 Å². The second kappa shape index (κ2) is 6.41. The summed E-state index contributed by atoms with van der Waals surface area (Å²) in [5.74, 6) is 0.177. The highest BCUT2D eigenvalue weighted by molar-refractivity contribution is 9.11. The summed E-state index contributed by atoms with van der Waals surface area (Å²) >= 11 is 5.18. The first-order valence-electron chi connectivity index (χ1n) is 6.05. The summed E-state index contributed by atoms with van der Waals surface area (Å²) in [4.78, 5) is 1.32. The number of thiophene rings is 1. The summed E-state index contributed by atoms with van der Waals surface area (Å²) in [5, 5.41) is 22.3. The molecule has 5 heteroatoms. The summed E-state index contributed by atoms with van der Waals surface area (Å²) in [6.45, 7) is 2.86. The minimum absolute atomic E-state index is 0.0846. The predicted octanol–water partition coefficient (Wildman–Crippen LogP) is 3.82. The second-order valence-electron chi connectivity index (χ2n) is 4.41. The number of halogens is 1. The Kier molecular flexibility index (Phi) is 4.85. The normalized spacial score (nSPS) is 12.5. The van der Waals surface area contributed by atoms with Crippen LogP contribution in [0.3, 0.4) is 0 Å². The van der Waals surface area contributed by atoms with Gasteiger partial charge in [0.1, 0.15) is 11.5 Å². The van der Waals surface area contributed by atoms with Crippen molar-refractivity contribution in [3.8, 4) is 11.5 Å². The first-order valence-corrected chi connectivity index (χ1v) is 7.66. The number of aromatic hydroxyl groups is 2. The molecule has 3 nitrogen and oxygen atoms in total. The van der Waals surface area contributed by atoms with Gasteiger partial charge in [-0.2, -0.15) is 0 Å². The number of phenolic OH excluding ortho intramolecular Hbond substituents is 2. The molecule has 0 fully saturated rings. The maximum Gasteiger partial charge on any atom is 0.119 e. The molecule has 1 aromatic carbocycles. The summed E-state index contributed by atoms with van der Waals surface area (Å²) in [6, 6.07) is 8.91. The lowest BCUT2D eigenvalue weighted by molar-refractivity contribution is 0.446. The van der Waals surface area contributed by atoms with Gasteiger partial charge in [-0.25, -0.2) is 0 Å². The molecule has 1 unspecified atom stereocenters. The third-order valence-electron chi connectivity index (χ3n) is 2.88. The molecule has 1 heterocycles. The minimum atomic E-state index is 0.0846. The van der Waals surface area contributed by atoms with Crippen molar-refractivity contribution in [1.82, 2.24) is 5.32 Å². The molecule has 2 aromatic rings. The molecule has 0 aliphatic carbocycles. The Morgan fingerprint density at radius 1 is 1.21 bits per heavy atom. The van der Waals surface area contributed by atoms with Crippen molar-refractivity contribution in [3.63, 3.8) is 0 Å². The number of hydrogen-bond donors (Lipinski definition) is 3. The van der Waals surface area contributed by atoms with Crippen molar-refractivity contribution >= 4 is 27.3 Å². The van der Waals surface area contributed by atoms with Crippen LogP contribution in [0.5, 0.6) is 11.5 Å². The summed E-state index contributed by atoms with van der Waals surface area (Å²) in [5.41, 5.74) is 0.880. The van der Waals surface area contributed by atoms with Crippen molar-refractivity contribution in [3.05, 3.63) is 44.6 Å². The van der Waals surface area contributed by atoms with Gasteiger partial charge < -0.3 is 15.5 Å². The van der Waals surface area contributed by atoms with E-state index >= 15 is 0 Å². The van der Waals surface area contributed by atoms with Crippen molar-refractivity contribution in [2.24, 2.45) is 0 Å². The van der Waals surface area contributed by atoms with Gasteiger partial charge in [-0.15, -0.1) is 11.3 Å². The van der Waals surface area contributed by atoms with Crippen LogP contribution in [0.2, 0.25) is 0 Å². The number of rotatable bonds is 5. The zero-order chi connectivity index (χ0) is 13.8. The molecular formula is C14H16BrNO2S. The standard InChI is InChI=1S/C14H16BrNO2S/c1-9(10-6-11(17)8-12(18)7-10)16-5-4-13-2-3-14(15)19-13/h2-3,6-9,16-18H,4-5H2,1H3. The lowest BCUT2D eigenvalue weighted by Crippen LogP contribution is -2.21. The van der Waals surface area contributed by atoms with Crippen molar-refractivity contribution < 1.29 is 10.2 Å². The summed E-state index contributed by atoms with van der Waals surface area (Å²) in [7, 11) is 0. The quantitative estimate of drug-likeness (QED) is 0.774. The van der Waals surface area contributed by atoms with Crippen LogP contribution in [0.1, 0.15) is 23.4 Å². The van der Waals surface area contributed by atoms with Gasteiger partial charge in [0.15, 0.2) is 0 Å². The molecule has 0 radical (unpaired) electrons. The number of phenols is 2. The molecule has 0 spiro atoms. The van der Waals surface area contributed by atoms with Crippen LogP contribution >= 0.6 is 27.3 Å². The van der Waals surface area contributed by atoms with Gasteiger partial charge >= 0.3 is 0 Å². The van der Waals surface area contributed by atoms with Crippen LogP contribution in [0, 0.1) is 0 Å². The van der Waals surface area contributed by atoms with Crippen molar-refractivity contribution in [1.29, 1.82) is 0 Å². The number of hydrogen-bond acceptors (Lipinski definition) is 4. The van der Waals surface area contributed by atoms with Gasteiger partial charge in [0, 0.05) is 23.5 Å². The minimum Gasteiger partial charge on any atom is -0.508 e. The Labute approximate surface area is 125 Å². The fraction of sp³-hybridized carbons (Fsp3) is 0.286. The van der Waals surface area contributed by atoms with Crippen LogP contribution in [-0.4, -0.2) is 16.8 Å². The molecule has 1 atom stereocenters. The van der Waals surface area contributed by atoms with E-state index in [0.717, 1.165) is 22.3 Å². The molecular weight excluding hydrogens is 326 g/mol. The first kappa shape index (κ1) is 14.4. The maximum absolute atomic E-state index is 9.46. The van der Waals surface area contributed by atoms with E-state index in [4.69, 9.17) is 0 Å². The van der Waals surface area contributed by atoms with E-state index < -0.39 is 0 Å². The largest absolute Gasteiger partial charge is 0.508 e. The topological polar surface area (TPSA) is 52.5 Å². The number of nitrogens with one attached hydrogen (secondary N) is 1. The Balaban J connectivity index is 1.88. The van der Waals surface area contributed by atoms with Gasteiger partial charge in [-0.1, -0.05) is 0 Å². The van der Waals surface area contributed by atoms with E-state index in [1.807, 2.05) is 6.92 Å². The summed E-state index contributed by atoms with van der Waals surface area (Å²) < 4.78 is 1.15. The molecule has 0 bridgehead atoms. The van der Waals surface area contributed by atoms with Crippen LogP contribution in [0.4, 0.5) is 0 Å². The van der Waals surface area contributed by atoms with Gasteiger partial charge in [-0.05, 0) is 59.1 Å². The van der Waals surface area contributed by atoms with Crippen LogP contribution in [0.25, 0.3) is 0 Å². The fourth-order valence-corrected chi connectivity index (χ4v) is 3.37. The van der Waals surface area contributed by atoms with E-state index in [1.54, 1.807) is 23.5 Å². The molecule has 0 aliphatic rings. The number of benzene rings is 1. The third-order valence-corrected chi connectivity index (χ3v) is 4.56. The molecule has 0 aliphatic heterocycles.